The van der Waals surface area contributed by atoms with Gasteiger partial charge in [-0.3, -0.25) is 19.7 Å². The first-order chi connectivity index (χ1) is 10.8. The van der Waals surface area contributed by atoms with Crippen LogP contribution in [0.4, 0.5) is 0 Å². The van der Waals surface area contributed by atoms with Gasteiger partial charge in [0.15, 0.2) is 0 Å². The number of pyridine rings is 3. The molecule has 5 heteroatoms. The molecule has 0 atom stereocenters. The first kappa shape index (κ1) is 13.9. The molecule has 5 nitrogen and oxygen atoms in total. The van der Waals surface area contributed by atoms with Crippen LogP contribution in [0.2, 0.25) is 0 Å². The molecular formula is C17H14N4O. The van der Waals surface area contributed by atoms with Gasteiger partial charge in [-0.05, 0) is 42.0 Å². The van der Waals surface area contributed by atoms with E-state index in [2.05, 4.69) is 20.3 Å². The van der Waals surface area contributed by atoms with Gasteiger partial charge in [0.25, 0.3) is 5.91 Å². The Morgan fingerprint density at radius 3 is 2.32 bits per heavy atom. The molecule has 3 rings (SSSR count). The molecule has 0 aliphatic rings. The highest BCUT2D eigenvalue weighted by molar-refractivity contribution is 5.93. The van der Waals surface area contributed by atoms with E-state index in [0.717, 1.165) is 16.8 Å². The second kappa shape index (κ2) is 6.58. The van der Waals surface area contributed by atoms with E-state index in [-0.39, 0.29) is 5.91 Å². The highest BCUT2D eigenvalue weighted by Gasteiger charge is 2.05. The van der Waals surface area contributed by atoms with E-state index in [1.54, 1.807) is 43.1 Å². The second-order valence-corrected chi connectivity index (χ2v) is 4.70. The Balaban J connectivity index is 1.70. The van der Waals surface area contributed by atoms with Crippen LogP contribution in [-0.2, 0) is 6.54 Å². The minimum Gasteiger partial charge on any atom is -0.348 e. The average Bonchev–Trinajstić information content (AvgIpc) is 2.61. The summed E-state index contributed by atoms with van der Waals surface area (Å²) in [6.07, 6.45) is 8.40. The predicted octanol–water partition coefficient (Wildman–Crippen LogP) is 2.47. The summed E-state index contributed by atoms with van der Waals surface area (Å²) in [5.74, 6) is -0.121. The van der Waals surface area contributed by atoms with E-state index >= 15 is 0 Å². The van der Waals surface area contributed by atoms with Crippen LogP contribution in [0.25, 0.3) is 11.3 Å². The normalized spacial score (nSPS) is 10.2. The number of carbonyl (C=O) groups excluding carboxylic acids is 1. The Morgan fingerprint density at radius 1 is 0.909 bits per heavy atom. The summed E-state index contributed by atoms with van der Waals surface area (Å²) in [7, 11) is 0. The molecule has 3 heterocycles. The van der Waals surface area contributed by atoms with Gasteiger partial charge < -0.3 is 5.32 Å². The summed E-state index contributed by atoms with van der Waals surface area (Å²) < 4.78 is 0. The molecule has 0 radical (unpaired) electrons. The van der Waals surface area contributed by atoms with Crippen molar-refractivity contribution in [3.8, 4) is 11.3 Å². The van der Waals surface area contributed by atoms with Crippen molar-refractivity contribution in [2.75, 3.05) is 0 Å². The zero-order chi connectivity index (χ0) is 15.2. The molecule has 0 spiro atoms. The number of carbonyl (C=O) groups is 1. The third kappa shape index (κ3) is 3.32. The van der Waals surface area contributed by atoms with Gasteiger partial charge in [0, 0.05) is 48.7 Å². The molecule has 0 aromatic carbocycles. The molecule has 1 amide bonds. The molecule has 0 saturated heterocycles. The first-order valence-electron chi connectivity index (χ1n) is 6.86. The van der Waals surface area contributed by atoms with Crippen LogP contribution in [0.5, 0.6) is 0 Å². The first-order valence-corrected chi connectivity index (χ1v) is 6.86. The second-order valence-electron chi connectivity index (χ2n) is 4.70. The Labute approximate surface area is 128 Å². The summed E-state index contributed by atoms with van der Waals surface area (Å²) in [4.78, 5) is 24.3. The summed E-state index contributed by atoms with van der Waals surface area (Å²) in [5, 5.41) is 2.89. The summed E-state index contributed by atoms with van der Waals surface area (Å²) in [6, 6.07) is 11.0. The molecule has 0 fully saturated rings. The van der Waals surface area contributed by atoms with E-state index in [9.17, 15) is 4.79 Å². The van der Waals surface area contributed by atoms with Gasteiger partial charge in [-0.25, -0.2) is 0 Å². The fourth-order valence-corrected chi connectivity index (χ4v) is 2.05. The van der Waals surface area contributed by atoms with Gasteiger partial charge in [-0.1, -0.05) is 0 Å². The standard InChI is InChI=1S/C17H14N4O/c22-17(15-4-8-19-9-5-15)21-12-13-1-10-20-16(11-13)14-2-6-18-7-3-14/h1-11H,12H2,(H,21,22). The molecule has 108 valence electrons. The van der Waals surface area contributed by atoms with Gasteiger partial charge in [-0.15, -0.1) is 0 Å². The number of aromatic nitrogens is 3. The minimum absolute atomic E-state index is 0.121. The number of rotatable bonds is 4. The molecule has 0 aliphatic carbocycles. The lowest BCUT2D eigenvalue weighted by atomic mass is 10.1. The smallest absolute Gasteiger partial charge is 0.251 e. The van der Waals surface area contributed by atoms with Crippen LogP contribution in [0, 0.1) is 0 Å². The van der Waals surface area contributed by atoms with Crippen molar-refractivity contribution in [1.82, 2.24) is 20.3 Å². The van der Waals surface area contributed by atoms with Gasteiger partial charge in [-0.2, -0.15) is 0 Å². The van der Waals surface area contributed by atoms with E-state index < -0.39 is 0 Å². The minimum atomic E-state index is -0.121. The van der Waals surface area contributed by atoms with Gasteiger partial charge in [0.05, 0.1) is 5.69 Å². The predicted molar refractivity (Wildman–Crippen MR) is 82.9 cm³/mol. The van der Waals surface area contributed by atoms with Crippen LogP contribution in [-0.4, -0.2) is 20.9 Å². The van der Waals surface area contributed by atoms with Gasteiger partial charge >= 0.3 is 0 Å². The van der Waals surface area contributed by atoms with E-state index in [1.807, 2.05) is 24.3 Å². The average molecular weight is 290 g/mol. The van der Waals surface area contributed by atoms with Crippen molar-refractivity contribution in [3.05, 3.63) is 78.5 Å². The van der Waals surface area contributed by atoms with Crippen molar-refractivity contribution in [2.45, 2.75) is 6.54 Å². The summed E-state index contributed by atoms with van der Waals surface area (Å²) >= 11 is 0. The SMILES string of the molecule is O=C(NCc1ccnc(-c2ccncc2)c1)c1ccncc1. The van der Waals surface area contributed by atoms with Crippen LogP contribution in [0.3, 0.4) is 0 Å². The fraction of sp³-hybridized carbons (Fsp3) is 0.0588. The van der Waals surface area contributed by atoms with Crippen molar-refractivity contribution in [1.29, 1.82) is 0 Å². The molecule has 0 unspecified atom stereocenters. The largest absolute Gasteiger partial charge is 0.348 e. The zero-order valence-corrected chi connectivity index (χ0v) is 11.8. The Bertz CT molecular complexity index is 760. The third-order valence-corrected chi connectivity index (χ3v) is 3.20. The van der Waals surface area contributed by atoms with Gasteiger partial charge in [0.1, 0.15) is 0 Å². The summed E-state index contributed by atoms with van der Waals surface area (Å²) in [6.45, 7) is 0.446. The van der Waals surface area contributed by atoms with Crippen molar-refractivity contribution in [3.63, 3.8) is 0 Å². The fourth-order valence-electron chi connectivity index (χ4n) is 2.05. The van der Waals surface area contributed by atoms with Gasteiger partial charge in [0.2, 0.25) is 0 Å². The molecule has 3 aromatic heterocycles. The molecule has 1 N–H and O–H groups in total. The Hall–Kier alpha value is -3.08. The quantitative estimate of drug-likeness (QED) is 0.801. The maximum atomic E-state index is 12.0. The van der Waals surface area contributed by atoms with Crippen molar-refractivity contribution < 1.29 is 4.79 Å². The molecular weight excluding hydrogens is 276 g/mol. The summed E-state index contributed by atoms with van der Waals surface area (Å²) in [5.41, 5.74) is 3.44. The molecule has 3 aromatic rings. The highest BCUT2D eigenvalue weighted by Crippen LogP contribution is 2.16. The molecule has 22 heavy (non-hydrogen) atoms. The van der Waals surface area contributed by atoms with E-state index in [4.69, 9.17) is 0 Å². The maximum absolute atomic E-state index is 12.0. The molecule has 0 bridgehead atoms. The zero-order valence-electron chi connectivity index (χ0n) is 11.8. The number of amides is 1. The number of hydrogen-bond acceptors (Lipinski definition) is 4. The number of nitrogens with one attached hydrogen (secondary N) is 1. The van der Waals surface area contributed by atoms with Crippen LogP contribution >= 0.6 is 0 Å². The van der Waals surface area contributed by atoms with E-state index in [1.165, 1.54) is 0 Å². The van der Waals surface area contributed by atoms with Crippen molar-refractivity contribution >= 4 is 5.91 Å². The maximum Gasteiger partial charge on any atom is 0.251 e. The number of nitrogens with zero attached hydrogens (tertiary/aromatic N) is 3. The lowest BCUT2D eigenvalue weighted by Crippen LogP contribution is -2.22. The Morgan fingerprint density at radius 2 is 1.59 bits per heavy atom. The lowest BCUT2D eigenvalue weighted by molar-refractivity contribution is 0.0951. The highest BCUT2D eigenvalue weighted by atomic mass is 16.1. The monoisotopic (exact) mass is 290 g/mol. The number of hydrogen-bond donors (Lipinski definition) is 1. The lowest BCUT2D eigenvalue weighted by Gasteiger charge is -2.07. The third-order valence-electron chi connectivity index (χ3n) is 3.20. The molecule has 0 aliphatic heterocycles. The molecule has 0 saturated carbocycles. The van der Waals surface area contributed by atoms with Crippen LogP contribution in [0.15, 0.2) is 67.4 Å². The van der Waals surface area contributed by atoms with Crippen LogP contribution < -0.4 is 5.32 Å². The van der Waals surface area contributed by atoms with E-state index in [0.29, 0.717) is 12.1 Å². The topological polar surface area (TPSA) is 67.8 Å². The van der Waals surface area contributed by atoms with Crippen LogP contribution in [0.1, 0.15) is 15.9 Å². The Kier molecular flexibility index (Phi) is 4.15. The van der Waals surface area contributed by atoms with Crippen molar-refractivity contribution in [2.24, 2.45) is 0 Å².